The van der Waals surface area contributed by atoms with Crippen molar-refractivity contribution in [2.75, 3.05) is 23.3 Å². The molecule has 1 N–H and O–H groups in total. The molecular formula is C19H21ClN4O. The molecule has 0 fully saturated rings. The van der Waals surface area contributed by atoms with E-state index in [1.165, 1.54) is 0 Å². The summed E-state index contributed by atoms with van der Waals surface area (Å²) in [6.07, 6.45) is 1.67. The number of carbonyl (C=O) groups is 1. The number of aromatic nitrogens is 2. The third-order valence-electron chi connectivity index (χ3n) is 4.35. The second-order valence-corrected chi connectivity index (χ2v) is 6.15. The maximum absolute atomic E-state index is 12.7. The average Bonchev–Trinajstić information content (AvgIpc) is 2.89. The number of carbonyl (C=O) groups excluding carboxylic acids is 1. The first-order chi connectivity index (χ1) is 12.1. The second kappa shape index (κ2) is 7.15. The molecule has 0 aliphatic rings. The van der Waals surface area contributed by atoms with Crippen molar-refractivity contribution in [3.05, 3.63) is 53.3 Å². The van der Waals surface area contributed by atoms with Gasteiger partial charge in [0.2, 0.25) is 0 Å². The van der Waals surface area contributed by atoms with Gasteiger partial charge in [-0.15, -0.1) is 0 Å². The van der Waals surface area contributed by atoms with Crippen LogP contribution in [0.3, 0.4) is 0 Å². The number of fused-ring (bicyclic) bond motifs is 1. The number of anilines is 2. The highest BCUT2D eigenvalue weighted by Crippen LogP contribution is 2.30. The van der Waals surface area contributed by atoms with E-state index in [1.807, 2.05) is 48.0 Å². The Morgan fingerprint density at radius 1 is 1.20 bits per heavy atom. The van der Waals surface area contributed by atoms with E-state index in [-0.39, 0.29) is 5.91 Å². The molecule has 0 atom stereocenters. The molecule has 1 aromatic carbocycles. The minimum absolute atomic E-state index is 0.249. The summed E-state index contributed by atoms with van der Waals surface area (Å²) in [6.45, 7) is 5.95. The SMILES string of the molecule is CCN(CC)c1ccc(NC(=O)c2c(Cl)c3ccccc3n2C)cn1. The Morgan fingerprint density at radius 2 is 1.92 bits per heavy atom. The monoisotopic (exact) mass is 356 g/mol. The summed E-state index contributed by atoms with van der Waals surface area (Å²) in [5, 5.41) is 4.21. The predicted molar refractivity (Wildman–Crippen MR) is 104 cm³/mol. The fraction of sp³-hybridized carbons (Fsp3) is 0.263. The molecule has 0 aliphatic heterocycles. The van der Waals surface area contributed by atoms with Gasteiger partial charge in [0, 0.05) is 31.0 Å². The van der Waals surface area contributed by atoms with Crippen LogP contribution in [0.5, 0.6) is 0 Å². The molecule has 2 heterocycles. The quantitative estimate of drug-likeness (QED) is 0.740. The standard InChI is InChI=1S/C19H21ClN4O/c1-4-24(5-2)16-11-10-13(12-21-16)22-19(25)18-17(20)14-8-6-7-9-15(14)23(18)3/h6-12H,4-5H2,1-3H3,(H,22,25). The van der Waals surface area contributed by atoms with Gasteiger partial charge >= 0.3 is 0 Å². The van der Waals surface area contributed by atoms with Crippen molar-refractivity contribution in [2.24, 2.45) is 7.05 Å². The van der Waals surface area contributed by atoms with Crippen LogP contribution in [0.2, 0.25) is 5.02 Å². The molecular weight excluding hydrogens is 336 g/mol. The first-order valence-corrected chi connectivity index (χ1v) is 8.69. The van der Waals surface area contributed by atoms with Crippen molar-refractivity contribution in [1.82, 2.24) is 9.55 Å². The van der Waals surface area contributed by atoms with Crippen molar-refractivity contribution >= 4 is 39.9 Å². The van der Waals surface area contributed by atoms with E-state index < -0.39 is 0 Å². The summed E-state index contributed by atoms with van der Waals surface area (Å²) >= 11 is 6.42. The van der Waals surface area contributed by atoms with Crippen molar-refractivity contribution < 1.29 is 4.79 Å². The number of amides is 1. The van der Waals surface area contributed by atoms with Crippen molar-refractivity contribution in [2.45, 2.75) is 13.8 Å². The molecule has 0 unspecified atom stereocenters. The van der Waals surface area contributed by atoms with Crippen molar-refractivity contribution in [3.8, 4) is 0 Å². The molecule has 0 saturated carbocycles. The van der Waals surface area contributed by atoms with Crippen LogP contribution in [0.4, 0.5) is 11.5 Å². The highest BCUT2D eigenvalue weighted by molar-refractivity contribution is 6.39. The van der Waals surface area contributed by atoms with Crippen LogP contribution in [0.15, 0.2) is 42.6 Å². The van der Waals surface area contributed by atoms with E-state index in [0.717, 1.165) is 29.8 Å². The number of hydrogen-bond acceptors (Lipinski definition) is 3. The topological polar surface area (TPSA) is 50.2 Å². The van der Waals surface area contributed by atoms with Gasteiger partial charge in [-0.2, -0.15) is 0 Å². The van der Waals surface area contributed by atoms with Gasteiger partial charge in [-0.25, -0.2) is 4.98 Å². The molecule has 0 saturated heterocycles. The maximum Gasteiger partial charge on any atom is 0.273 e. The van der Waals surface area contributed by atoms with Crippen LogP contribution in [0.1, 0.15) is 24.3 Å². The molecule has 0 aliphatic carbocycles. The highest BCUT2D eigenvalue weighted by atomic mass is 35.5. The molecule has 1 amide bonds. The van der Waals surface area contributed by atoms with E-state index in [4.69, 9.17) is 11.6 Å². The molecule has 5 nitrogen and oxygen atoms in total. The largest absolute Gasteiger partial charge is 0.357 e. The molecule has 0 bridgehead atoms. The minimum atomic E-state index is -0.249. The summed E-state index contributed by atoms with van der Waals surface area (Å²) < 4.78 is 1.81. The summed E-state index contributed by atoms with van der Waals surface area (Å²) in [7, 11) is 1.84. The van der Waals surface area contributed by atoms with Gasteiger partial charge in [-0.3, -0.25) is 4.79 Å². The number of hydrogen-bond donors (Lipinski definition) is 1. The smallest absolute Gasteiger partial charge is 0.273 e. The van der Waals surface area contributed by atoms with Gasteiger partial charge in [-0.1, -0.05) is 29.8 Å². The first kappa shape index (κ1) is 17.3. The molecule has 3 aromatic rings. The fourth-order valence-corrected chi connectivity index (χ4v) is 3.36. The number of pyridine rings is 1. The lowest BCUT2D eigenvalue weighted by Crippen LogP contribution is -2.23. The highest BCUT2D eigenvalue weighted by Gasteiger charge is 2.19. The fourth-order valence-electron chi connectivity index (χ4n) is 2.98. The zero-order chi connectivity index (χ0) is 18.0. The molecule has 6 heteroatoms. The molecule has 2 aromatic heterocycles. The van der Waals surface area contributed by atoms with Gasteiger partial charge in [-0.05, 0) is 32.0 Å². The van der Waals surface area contributed by atoms with E-state index in [9.17, 15) is 4.79 Å². The third kappa shape index (κ3) is 3.20. The number of nitrogens with zero attached hydrogens (tertiary/aromatic N) is 3. The molecule has 0 spiro atoms. The van der Waals surface area contributed by atoms with Crippen molar-refractivity contribution in [1.29, 1.82) is 0 Å². The molecule has 3 rings (SSSR count). The zero-order valence-electron chi connectivity index (χ0n) is 14.6. The van der Waals surface area contributed by atoms with E-state index in [1.54, 1.807) is 6.20 Å². The van der Waals surface area contributed by atoms with Gasteiger partial charge in [0.15, 0.2) is 0 Å². The Hall–Kier alpha value is -2.53. The second-order valence-electron chi connectivity index (χ2n) is 5.77. The van der Waals surface area contributed by atoms with Crippen LogP contribution in [0.25, 0.3) is 10.9 Å². The van der Waals surface area contributed by atoms with Gasteiger partial charge in [0.1, 0.15) is 11.5 Å². The lowest BCUT2D eigenvalue weighted by atomic mass is 10.2. The number of benzene rings is 1. The Bertz CT molecular complexity index is 859. The van der Waals surface area contributed by atoms with Crippen LogP contribution < -0.4 is 10.2 Å². The maximum atomic E-state index is 12.7. The van der Waals surface area contributed by atoms with E-state index in [2.05, 4.69) is 29.0 Å². The average molecular weight is 357 g/mol. The zero-order valence-corrected chi connectivity index (χ0v) is 15.3. The van der Waals surface area contributed by atoms with Crippen LogP contribution in [0, 0.1) is 0 Å². The number of para-hydroxylation sites is 1. The number of rotatable bonds is 5. The van der Waals surface area contributed by atoms with Crippen LogP contribution in [-0.2, 0) is 7.05 Å². The normalized spacial score (nSPS) is 10.9. The third-order valence-corrected chi connectivity index (χ3v) is 4.74. The minimum Gasteiger partial charge on any atom is -0.357 e. The number of aryl methyl sites for hydroxylation is 1. The van der Waals surface area contributed by atoms with Gasteiger partial charge in [0.25, 0.3) is 5.91 Å². The van der Waals surface area contributed by atoms with Crippen LogP contribution in [-0.4, -0.2) is 28.5 Å². The summed E-state index contributed by atoms with van der Waals surface area (Å²) in [6, 6.07) is 11.5. The van der Waals surface area contributed by atoms with Gasteiger partial charge in [0.05, 0.1) is 16.9 Å². The Balaban J connectivity index is 1.86. The lowest BCUT2D eigenvalue weighted by Gasteiger charge is -2.19. The van der Waals surface area contributed by atoms with Crippen LogP contribution >= 0.6 is 11.6 Å². The first-order valence-electron chi connectivity index (χ1n) is 8.32. The van der Waals surface area contributed by atoms with Gasteiger partial charge < -0.3 is 14.8 Å². The van der Waals surface area contributed by atoms with E-state index in [0.29, 0.717) is 16.4 Å². The Morgan fingerprint density at radius 3 is 2.52 bits per heavy atom. The lowest BCUT2D eigenvalue weighted by molar-refractivity contribution is 0.102. The number of halogens is 1. The Labute approximate surface area is 152 Å². The summed E-state index contributed by atoms with van der Waals surface area (Å²) in [4.78, 5) is 19.3. The predicted octanol–water partition coefficient (Wildman–Crippen LogP) is 4.33. The summed E-state index contributed by atoms with van der Waals surface area (Å²) in [5.74, 6) is 0.645. The van der Waals surface area contributed by atoms with Crippen molar-refractivity contribution in [3.63, 3.8) is 0 Å². The molecule has 130 valence electrons. The molecule has 0 radical (unpaired) electrons. The Kier molecular flexibility index (Phi) is 4.95. The van der Waals surface area contributed by atoms with E-state index >= 15 is 0 Å². The number of nitrogens with one attached hydrogen (secondary N) is 1. The summed E-state index contributed by atoms with van der Waals surface area (Å²) in [5.41, 5.74) is 2.01. The molecule has 25 heavy (non-hydrogen) atoms.